The van der Waals surface area contributed by atoms with Gasteiger partial charge < -0.3 is 0 Å². The van der Waals surface area contributed by atoms with Gasteiger partial charge in [-0.25, -0.2) is 0 Å². The van der Waals surface area contributed by atoms with E-state index in [-0.39, 0.29) is 13.0 Å². The van der Waals surface area contributed by atoms with E-state index in [9.17, 15) is 9.59 Å². The minimum atomic E-state index is -0.0638. The zero-order chi connectivity index (χ0) is 9.68. The second-order valence-electron chi connectivity index (χ2n) is 3.23. The van der Waals surface area contributed by atoms with Crippen molar-refractivity contribution in [3.05, 3.63) is 23.8 Å². The number of ketones is 2. The van der Waals surface area contributed by atoms with Gasteiger partial charge in [-0.1, -0.05) is 19.8 Å². The molecule has 0 aromatic rings. The Balaban J connectivity index is 0.00000169. The lowest BCUT2D eigenvalue weighted by Gasteiger charge is -2.05. The van der Waals surface area contributed by atoms with Crippen LogP contribution in [-0.2, 0) is 9.59 Å². The van der Waals surface area contributed by atoms with E-state index in [1.165, 1.54) is 18.2 Å². The number of hydrogen-bond donors (Lipinski definition) is 0. The van der Waals surface area contributed by atoms with Crippen LogP contribution in [0.5, 0.6) is 0 Å². The van der Waals surface area contributed by atoms with Crippen molar-refractivity contribution in [1.82, 2.24) is 0 Å². The molecule has 0 aromatic heterocycles. The Morgan fingerprint density at radius 2 is 2.00 bits per heavy atom. The third-order valence-corrected chi connectivity index (χ3v) is 2.08. The Bertz CT molecular complexity index is 277. The fraction of sp³-hybridized carbons (Fsp3) is 0.455. The number of unbranched alkanes of at least 4 members (excludes halogenated alkanes) is 2. The van der Waals surface area contributed by atoms with Crippen molar-refractivity contribution in [3.63, 3.8) is 0 Å². The van der Waals surface area contributed by atoms with E-state index in [2.05, 4.69) is 6.92 Å². The summed E-state index contributed by atoms with van der Waals surface area (Å²) in [5, 5.41) is 0. The van der Waals surface area contributed by atoms with E-state index in [4.69, 9.17) is 0 Å². The van der Waals surface area contributed by atoms with E-state index in [1.807, 2.05) is 0 Å². The molecule has 13 heavy (non-hydrogen) atoms. The van der Waals surface area contributed by atoms with Gasteiger partial charge in [-0.05, 0) is 31.1 Å². The van der Waals surface area contributed by atoms with Crippen molar-refractivity contribution in [3.8, 4) is 0 Å². The van der Waals surface area contributed by atoms with Gasteiger partial charge in [-0.3, -0.25) is 9.59 Å². The van der Waals surface area contributed by atoms with Gasteiger partial charge in [-0.2, -0.15) is 0 Å². The summed E-state index contributed by atoms with van der Waals surface area (Å²) in [6.45, 7) is 2.11. The fourth-order valence-corrected chi connectivity index (χ4v) is 1.32. The molecule has 0 aromatic carbocycles. The minimum absolute atomic E-state index is 0. The molecule has 0 heterocycles. The Morgan fingerprint density at radius 1 is 1.23 bits per heavy atom. The molecular formula is C11H15O2+. The van der Waals surface area contributed by atoms with Crippen molar-refractivity contribution in [1.29, 1.82) is 0 Å². The first-order valence-corrected chi connectivity index (χ1v) is 4.71. The van der Waals surface area contributed by atoms with Gasteiger partial charge in [-0.15, -0.1) is 0 Å². The molecule has 0 atom stereocenters. The molecule has 1 aliphatic carbocycles. The van der Waals surface area contributed by atoms with E-state index in [0.717, 1.165) is 25.7 Å². The molecule has 0 saturated heterocycles. The predicted molar refractivity (Wildman–Crippen MR) is 52.5 cm³/mol. The standard InChI is InChI=1S/C11H14O2/c1-2-3-4-5-9-8-10(12)6-7-11(9)13/h6-8H,2-5H2,1H3/p+1. The molecule has 2 nitrogen and oxygen atoms in total. The zero-order valence-corrected chi connectivity index (χ0v) is 7.88. The van der Waals surface area contributed by atoms with Crippen molar-refractivity contribution in [2.45, 2.75) is 32.6 Å². The van der Waals surface area contributed by atoms with Crippen molar-refractivity contribution in [2.75, 3.05) is 0 Å². The third-order valence-electron chi connectivity index (χ3n) is 2.08. The molecule has 1 rings (SSSR count). The normalized spacial score (nSPS) is 16.2. The van der Waals surface area contributed by atoms with Crippen LogP contribution in [0, 0.1) is 0 Å². The minimum Gasteiger partial charge on any atom is -0.290 e. The van der Waals surface area contributed by atoms with Crippen molar-refractivity contribution < 1.29 is 11.0 Å². The van der Waals surface area contributed by atoms with Crippen LogP contribution in [0.25, 0.3) is 0 Å². The molecule has 1 aliphatic rings. The van der Waals surface area contributed by atoms with Crippen LogP contribution in [0.2, 0.25) is 0 Å². The molecule has 70 valence electrons. The van der Waals surface area contributed by atoms with E-state index in [0.29, 0.717) is 5.57 Å². The van der Waals surface area contributed by atoms with Crippen molar-refractivity contribution in [2.24, 2.45) is 0 Å². The summed E-state index contributed by atoms with van der Waals surface area (Å²) in [6, 6.07) is 0. The summed E-state index contributed by atoms with van der Waals surface area (Å²) in [5.74, 6) is -0.0678. The quantitative estimate of drug-likeness (QED) is 0.490. The van der Waals surface area contributed by atoms with Crippen LogP contribution < -0.4 is 0 Å². The van der Waals surface area contributed by atoms with Crippen LogP contribution >= 0.6 is 0 Å². The van der Waals surface area contributed by atoms with Crippen LogP contribution in [-0.4, -0.2) is 11.6 Å². The maximum atomic E-state index is 11.2. The molecule has 0 fully saturated rings. The largest absolute Gasteiger partial charge is 1.00 e. The van der Waals surface area contributed by atoms with E-state index >= 15 is 0 Å². The maximum absolute atomic E-state index is 11.2. The Morgan fingerprint density at radius 3 is 2.69 bits per heavy atom. The van der Waals surface area contributed by atoms with Gasteiger partial charge in [0.05, 0.1) is 0 Å². The summed E-state index contributed by atoms with van der Waals surface area (Å²) in [7, 11) is 0. The molecule has 0 unspecified atom stereocenters. The maximum Gasteiger partial charge on any atom is 1.00 e. The van der Waals surface area contributed by atoms with Gasteiger partial charge in [0.25, 0.3) is 0 Å². The van der Waals surface area contributed by atoms with E-state index < -0.39 is 0 Å². The molecule has 0 aliphatic heterocycles. The molecule has 0 amide bonds. The van der Waals surface area contributed by atoms with Crippen LogP contribution in [0.1, 0.15) is 34.0 Å². The molecule has 0 N–H and O–H groups in total. The molecule has 2 heteroatoms. The highest BCUT2D eigenvalue weighted by molar-refractivity contribution is 6.17. The van der Waals surface area contributed by atoms with Gasteiger partial charge >= 0.3 is 1.43 Å². The topological polar surface area (TPSA) is 34.1 Å². The monoisotopic (exact) mass is 179 g/mol. The highest BCUT2D eigenvalue weighted by Crippen LogP contribution is 2.13. The summed E-state index contributed by atoms with van der Waals surface area (Å²) in [6.07, 6.45) is 8.12. The molecule has 0 radical (unpaired) electrons. The second kappa shape index (κ2) is 4.75. The molecule has 0 bridgehead atoms. The average Bonchev–Trinajstić information content (AvgIpc) is 2.11. The number of hydrogen-bond acceptors (Lipinski definition) is 2. The molecule has 0 spiro atoms. The Kier molecular flexibility index (Phi) is 3.62. The second-order valence-corrected chi connectivity index (χ2v) is 3.23. The summed E-state index contributed by atoms with van der Waals surface area (Å²) < 4.78 is 0. The number of allylic oxidation sites excluding steroid dienone is 4. The third kappa shape index (κ3) is 2.98. The highest BCUT2D eigenvalue weighted by atomic mass is 16.1. The summed E-state index contributed by atoms with van der Waals surface area (Å²) in [4.78, 5) is 22.2. The lowest BCUT2D eigenvalue weighted by molar-refractivity contribution is -0.114. The number of carbonyl (C=O) groups is 2. The lowest BCUT2D eigenvalue weighted by Crippen LogP contribution is -2.07. The first-order chi connectivity index (χ1) is 6.24. The van der Waals surface area contributed by atoms with Gasteiger partial charge in [0.1, 0.15) is 0 Å². The predicted octanol–water partition coefficient (Wildman–Crippen LogP) is 2.31. The van der Waals surface area contributed by atoms with Crippen LogP contribution in [0.4, 0.5) is 0 Å². The lowest BCUT2D eigenvalue weighted by atomic mass is 9.98. The molecule has 0 saturated carbocycles. The van der Waals surface area contributed by atoms with Crippen LogP contribution in [0.3, 0.4) is 0 Å². The highest BCUT2D eigenvalue weighted by Gasteiger charge is 2.11. The number of rotatable bonds is 4. The van der Waals surface area contributed by atoms with Gasteiger partial charge in [0, 0.05) is 5.57 Å². The zero-order valence-electron chi connectivity index (χ0n) is 8.88. The SMILES string of the molecule is CCCCCC1=CC(=O)C=CC1=O.[H+]. The molecular weight excluding hydrogens is 164 g/mol. The average molecular weight is 179 g/mol. The summed E-state index contributed by atoms with van der Waals surface area (Å²) >= 11 is 0. The smallest absolute Gasteiger partial charge is 0.290 e. The van der Waals surface area contributed by atoms with Crippen molar-refractivity contribution >= 4 is 11.6 Å². The van der Waals surface area contributed by atoms with Gasteiger partial charge in [0.2, 0.25) is 0 Å². The first kappa shape index (κ1) is 9.90. The van der Waals surface area contributed by atoms with E-state index in [1.54, 1.807) is 0 Å². The Hall–Kier alpha value is -1.18. The fourth-order valence-electron chi connectivity index (χ4n) is 1.32. The first-order valence-electron chi connectivity index (χ1n) is 4.71. The number of carbonyl (C=O) groups excluding carboxylic acids is 2. The van der Waals surface area contributed by atoms with Crippen LogP contribution in [0.15, 0.2) is 23.8 Å². The van der Waals surface area contributed by atoms with Gasteiger partial charge in [0.15, 0.2) is 11.6 Å². The Labute approximate surface area is 79.8 Å². The summed E-state index contributed by atoms with van der Waals surface area (Å²) in [5.41, 5.74) is 0.668.